The molecular formula is C18H15N2+. The van der Waals surface area contributed by atoms with Gasteiger partial charge in [0.2, 0.25) is 5.52 Å². The molecule has 0 aliphatic carbocycles. The van der Waals surface area contributed by atoms with Gasteiger partial charge in [-0.2, -0.15) is 9.83 Å². The first-order valence-electron chi connectivity index (χ1n) is 6.64. The zero-order valence-corrected chi connectivity index (χ0v) is 11.4. The number of nitriles is 1. The van der Waals surface area contributed by atoms with Gasteiger partial charge in [-0.1, -0.05) is 23.8 Å². The second-order valence-corrected chi connectivity index (χ2v) is 5.01. The van der Waals surface area contributed by atoms with Crippen molar-refractivity contribution in [1.82, 2.24) is 0 Å². The van der Waals surface area contributed by atoms with Crippen molar-refractivity contribution in [1.29, 1.82) is 5.26 Å². The summed E-state index contributed by atoms with van der Waals surface area (Å²) in [6.45, 7) is 2.92. The third-order valence-electron chi connectivity index (χ3n) is 3.47. The van der Waals surface area contributed by atoms with Crippen LogP contribution in [0.3, 0.4) is 0 Å². The molecule has 2 heteroatoms. The van der Waals surface area contributed by atoms with Crippen molar-refractivity contribution in [3.8, 4) is 6.07 Å². The van der Waals surface area contributed by atoms with Gasteiger partial charge in [-0.15, -0.1) is 0 Å². The van der Waals surface area contributed by atoms with Crippen molar-refractivity contribution in [2.24, 2.45) is 0 Å². The van der Waals surface area contributed by atoms with Gasteiger partial charge in [0, 0.05) is 23.1 Å². The van der Waals surface area contributed by atoms with Crippen molar-refractivity contribution in [3.05, 3.63) is 77.5 Å². The summed E-state index contributed by atoms with van der Waals surface area (Å²) >= 11 is 0. The highest BCUT2D eigenvalue weighted by atomic mass is 14.9. The van der Waals surface area contributed by atoms with Gasteiger partial charge >= 0.3 is 0 Å². The van der Waals surface area contributed by atoms with Gasteiger partial charge < -0.3 is 0 Å². The fraction of sp³-hybridized carbons (Fsp3) is 0.111. The van der Waals surface area contributed by atoms with Gasteiger partial charge in [0.05, 0.1) is 11.6 Å². The summed E-state index contributed by atoms with van der Waals surface area (Å²) in [4.78, 5) is 0. The Morgan fingerprint density at radius 2 is 1.85 bits per heavy atom. The van der Waals surface area contributed by atoms with Crippen LogP contribution in [-0.4, -0.2) is 0 Å². The smallest absolute Gasteiger partial charge is 0.194 e. The topological polar surface area (TPSA) is 27.7 Å². The molecule has 20 heavy (non-hydrogen) atoms. The minimum absolute atomic E-state index is 0.701. The monoisotopic (exact) mass is 259 g/mol. The first-order valence-corrected chi connectivity index (χ1v) is 6.64. The van der Waals surface area contributed by atoms with E-state index in [4.69, 9.17) is 5.26 Å². The molecule has 0 atom stereocenters. The number of nitrogens with zero attached hydrogens (tertiary/aromatic N) is 2. The van der Waals surface area contributed by atoms with Gasteiger partial charge in [0.15, 0.2) is 12.7 Å². The second-order valence-electron chi connectivity index (χ2n) is 5.01. The molecule has 0 N–H and O–H groups in total. The second kappa shape index (κ2) is 5.14. The zero-order chi connectivity index (χ0) is 13.9. The Hall–Kier alpha value is -2.66. The summed E-state index contributed by atoms with van der Waals surface area (Å²) in [6, 6.07) is 20.6. The van der Waals surface area contributed by atoms with Gasteiger partial charge in [0.25, 0.3) is 0 Å². The molecule has 2 aromatic carbocycles. The average Bonchev–Trinajstić information content (AvgIpc) is 2.48. The van der Waals surface area contributed by atoms with E-state index in [9.17, 15) is 0 Å². The first-order chi connectivity index (χ1) is 9.76. The predicted octanol–water partition coefficient (Wildman–Crippen LogP) is 3.36. The van der Waals surface area contributed by atoms with Crippen LogP contribution in [0.4, 0.5) is 0 Å². The van der Waals surface area contributed by atoms with E-state index in [-0.39, 0.29) is 0 Å². The number of hydrogen-bond acceptors (Lipinski definition) is 1. The van der Waals surface area contributed by atoms with Crippen LogP contribution in [0.5, 0.6) is 0 Å². The molecule has 96 valence electrons. The molecule has 0 unspecified atom stereocenters. The number of fused-ring (bicyclic) bond motifs is 1. The number of aromatic nitrogens is 1. The molecule has 0 spiro atoms. The predicted molar refractivity (Wildman–Crippen MR) is 79.1 cm³/mol. The van der Waals surface area contributed by atoms with Crippen LogP contribution in [-0.2, 0) is 6.54 Å². The van der Waals surface area contributed by atoms with E-state index < -0.39 is 0 Å². The summed E-state index contributed by atoms with van der Waals surface area (Å²) in [6.07, 6.45) is 2.09. The van der Waals surface area contributed by atoms with E-state index >= 15 is 0 Å². The highest BCUT2D eigenvalue weighted by Gasteiger charge is 2.09. The zero-order valence-electron chi connectivity index (χ0n) is 11.4. The largest absolute Gasteiger partial charge is 0.212 e. The van der Waals surface area contributed by atoms with Crippen molar-refractivity contribution in [2.45, 2.75) is 13.5 Å². The lowest BCUT2D eigenvalue weighted by Gasteiger charge is -2.03. The number of benzene rings is 2. The molecule has 3 rings (SSSR count). The number of rotatable bonds is 2. The van der Waals surface area contributed by atoms with E-state index in [0.717, 1.165) is 6.54 Å². The lowest BCUT2D eigenvalue weighted by Crippen LogP contribution is -2.34. The number of hydrogen-bond donors (Lipinski definition) is 0. The Morgan fingerprint density at radius 3 is 2.60 bits per heavy atom. The standard InChI is InChI=1S/C18H15N2/c1-14-4-9-18-17(11-14)3-2-10-20(18)13-16-7-5-15(12-19)6-8-16/h2-11H,13H2,1H3/q+1. The summed E-state index contributed by atoms with van der Waals surface area (Å²) in [5, 5.41) is 10.1. The molecule has 0 radical (unpaired) electrons. The fourth-order valence-corrected chi connectivity index (χ4v) is 2.42. The van der Waals surface area contributed by atoms with Gasteiger partial charge in [-0.05, 0) is 31.2 Å². The molecule has 1 aromatic heterocycles. The Morgan fingerprint density at radius 1 is 1.05 bits per heavy atom. The molecule has 1 heterocycles. The van der Waals surface area contributed by atoms with Gasteiger partial charge in [-0.3, -0.25) is 0 Å². The summed E-state index contributed by atoms with van der Waals surface area (Å²) in [7, 11) is 0. The van der Waals surface area contributed by atoms with Crippen LogP contribution in [0.1, 0.15) is 16.7 Å². The average molecular weight is 259 g/mol. The molecule has 0 amide bonds. The molecule has 0 aliphatic heterocycles. The SMILES string of the molecule is Cc1ccc2c(ccc[n+]2Cc2ccc(C#N)cc2)c1. The Balaban J connectivity index is 2.00. The molecule has 0 saturated carbocycles. The van der Waals surface area contributed by atoms with Crippen LogP contribution >= 0.6 is 0 Å². The lowest BCUT2D eigenvalue weighted by molar-refractivity contribution is -0.662. The van der Waals surface area contributed by atoms with E-state index in [1.807, 2.05) is 24.3 Å². The van der Waals surface area contributed by atoms with E-state index in [1.165, 1.54) is 22.0 Å². The summed E-state index contributed by atoms with van der Waals surface area (Å²) < 4.78 is 2.23. The number of pyridine rings is 1. The highest BCUT2D eigenvalue weighted by molar-refractivity contribution is 5.76. The van der Waals surface area contributed by atoms with Crippen molar-refractivity contribution >= 4 is 10.9 Å². The van der Waals surface area contributed by atoms with Crippen LogP contribution in [0.25, 0.3) is 10.9 Å². The minimum Gasteiger partial charge on any atom is -0.194 e. The van der Waals surface area contributed by atoms with Gasteiger partial charge in [-0.25, -0.2) is 0 Å². The quantitative estimate of drug-likeness (QED) is 0.648. The van der Waals surface area contributed by atoms with Crippen LogP contribution in [0, 0.1) is 18.3 Å². The molecule has 0 bridgehead atoms. The maximum absolute atomic E-state index is 8.83. The first kappa shape index (κ1) is 12.4. The summed E-state index contributed by atoms with van der Waals surface area (Å²) in [5.41, 5.74) is 4.39. The minimum atomic E-state index is 0.701. The Kier molecular flexibility index (Phi) is 3.18. The van der Waals surface area contributed by atoms with E-state index in [0.29, 0.717) is 5.56 Å². The molecule has 2 nitrogen and oxygen atoms in total. The molecule has 0 saturated heterocycles. The van der Waals surface area contributed by atoms with E-state index in [2.05, 4.69) is 54.1 Å². The fourth-order valence-electron chi connectivity index (χ4n) is 2.42. The highest BCUT2D eigenvalue weighted by Crippen LogP contribution is 2.12. The third-order valence-corrected chi connectivity index (χ3v) is 3.47. The normalized spacial score (nSPS) is 10.4. The molecule has 3 aromatic rings. The van der Waals surface area contributed by atoms with Crippen LogP contribution < -0.4 is 4.57 Å². The summed E-state index contributed by atoms with van der Waals surface area (Å²) in [5.74, 6) is 0. The van der Waals surface area contributed by atoms with E-state index in [1.54, 1.807) is 0 Å². The lowest BCUT2D eigenvalue weighted by atomic mass is 10.1. The van der Waals surface area contributed by atoms with Crippen LogP contribution in [0.15, 0.2) is 60.8 Å². The Bertz CT molecular complexity index is 796. The van der Waals surface area contributed by atoms with Crippen LogP contribution in [0.2, 0.25) is 0 Å². The van der Waals surface area contributed by atoms with Gasteiger partial charge in [0.1, 0.15) is 0 Å². The van der Waals surface area contributed by atoms with Crippen molar-refractivity contribution in [3.63, 3.8) is 0 Å². The molecule has 0 fully saturated rings. The number of aryl methyl sites for hydroxylation is 1. The maximum Gasteiger partial charge on any atom is 0.212 e. The Labute approximate surface area is 118 Å². The molecule has 0 aliphatic rings. The van der Waals surface area contributed by atoms with Crippen molar-refractivity contribution < 1.29 is 4.57 Å². The van der Waals surface area contributed by atoms with Crippen molar-refractivity contribution in [2.75, 3.05) is 0 Å². The molecular weight excluding hydrogens is 244 g/mol. The third kappa shape index (κ3) is 2.39. The maximum atomic E-state index is 8.83.